The maximum atomic E-state index is 12.4. The Kier molecular flexibility index (Phi) is 5.40. The molecule has 0 radical (unpaired) electrons. The Labute approximate surface area is 155 Å². The second-order valence-electron chi connectivity index (χ2n) is 5.45. The lowest BCUT2D eigenvalue weighted by molar-refractivity contribution is 0.102. The normalized spacial score (nSPS) is 10.3. The average molecular weight is 364 g/mol. The Balaban J connectivity index is 1.81. The van der Waals surface area contributed by atoms with Crippen LogP contribution in [0.5, 0.6) is 11.5 Å². The zero-order valence-corrected chi connectivity index (χ0v) is 15.2. The van der Waals surface area contributed by atoms with E-state index < -0.39 is 0 Å². The van der Waals surface area contributed by atoms with Crippen LogP contribution in [0.3, 0.4) is 0 Å². The van der Waals surface area contributed by atoms with Gasteiger partial charge in [-0.2, -0.15) is 5.26 Å². The van der Waals surface area contributed by atoms with Gasteiger partial charge in [-0.05, 0) is 48.5 Å². The van der Waals surface area contributed by atoms with Crippen molar-refractivity contribution in [3.63, 3.8) is 0 Å². The fourth-order valence-electron chi connectivity index (χ4n) is 2.45. The van der Waals surface area contributed by atoms with Gasteiger partial charge in [0.2, 0.25) is 0 Å². The highest BCUT2D eigenvalue weighted by molar-refractivity contribution is 8.00. The molecule has 0 saturated heterocycles. The van der Waals surface area contributed by atoms with Gasteiger partial charge >= 0.3 is 0 Å². The van der Waals surface area contributed by atoms with Crippen molar-refractivity contribution < 1.29 is 14.3 Å². The van der Waals surface area contributed by atoms with E-state index in [2.05, 4.69) is 11.1 Å². The van der Waals surface area contributed by atoms with Gasteiger partial charge in [0.25, 0.3) is 0 Å². The molecule has 0 fully saturated rings. The molecule has 3 rings (SSSR count). The molecule has 26 heavy (non-hydrogen) atoms. The van der Waals surface area contributed by atoms with E-state index in [-0.39, 0.29) is 11.5 Å². The van der Waals surface area contributed by atoms with Crippen LogP contribution in [-0.4, -0.2) is 30.7 Å². The summed E-state index contributed by atoms with van der Waals surface area (Å²) in [5, 5.41) is 10.8. The number of aromatic nitrogens is 1. The van der Waals surface area contributed by atoms with Crippen molar-refractivity contribution in [1.82, 2.24) is 4.98 Å². The van der Waals surface area contributed by atoms with Crippen molar-refractivity contribution in [3.05, 3.63) is 59.7 Å². The number of carbonyl (C=O) groups is 1. The number of rotatable bonds is 6. The highest BCUT2D eigenvalue weighted by atomic mass is 32.2. The maximum Gasteiger partial charge on any atom is 0.173 e. The molecule has 0 aliphatic carbocycles. The second kappa shape index (κ2) is 7.89. The van der Waals surface area contributed by atoms with E-state index in [0.29, 0.717) is 27.7 Å². The molecule has 6 heteroatoms. The Hall–Kier alpha value is -3.04. The van der Waals surface area contributed by atoms with Crippen LogP contribution >= 0.6 is 11.8 Å². The van der Waals surface area contributed by atoms with Gasteiger partial charge in [0.1, 0.15) is 22.6 Å². The first-order valence-electron chi connectivity index (χ1n) is 7.83. The fraction of sp³-hybridized carbons (Fsp3) is 0.150. The summed E-state index contributed by atoms with van der Waals surface area (Å²) in [6, 6.07) is 16.4. The van der Waals surface area contributed by atoms with Gasteiger partial charge in [0.05, 0.1) is 31.1 Å². The van der Waals surface area contributed by atoms with Crippen LogP contribution in [0.25, 0.3) is 10.9 Å². The van der Waals surface area contributed by atoms with E-state index >= 15 is 0 Å². The highest BCUT2D eigenvalue weighted by Crippen LogP contribution is 2.27. The molecule has 130 valence electrons. The molecule has 0 aliphatic heterocycles. The van der Waals surface area contributed by atoms with Crippen molar-refractivity contribution in [2.45, 2.75) is 5.03 Å². The summed E-state index contributed by atoms with van der Waals surface area (Å²) < 4.78 is 10.3. The maximum absolute atomic E-state index is 12.4. The predicted molar refractivity (Wildman–Crippen MR) is 101 cm³/mol. The molecule has 0 bridgehead atoms. The molecule has 5 nitrogen and oxygen atoms in total. The summed E-state index contributed by atoms with van der Waals surface area (Å²) >= 11 is 1.26. The Morgan fingerprint density at radius 1 is 1.08 bits per heavy atom. The zero-order valence-electron chi connectivity index (χ0n) is 14.4. The first-order chi connectivity index (χ1) is 12.6. The first-order valence-corrected chi connectivity index (χ1v) is 8.82. The molecule has 0 N–H and O–H groups in total. The summed E-state index contributed by atoms with van der Waals surface area (Å²) in [5.41, 5.74) is 1.80. The van der Waals surface area contributed by atoms with Gasteiger partial charge in [0.15, 0.2) is 5.78 Å². The van der Waals surface area contributed by atoms with E-state index in [1.165, 1.54) is 11.8 Å². The number of fused-ring (bicyclic) bond motifs is 1. The number of ether oxygens (including phenoxy) is 2. The largest absolute Gasteiger partial charge is 0.497 e. The fourth-order valence-corrected chi connectivity index (χ4v) is 3.31. The number of pyridine rings is 1. The van der Waals surface area contributed by atoms with Crippen LogP contribution in [-0.2, 0) is 0 Å². The molecule has 1 aromatic heterocycles. The molecule has 2 aromatic carbocycles. The number of nitrogens with zero attached hydrogens (tertiary/aromatic N) is 2. The molecule has 0 atom stereocenters. The minimum Gasteiger partial charge on any atom is -0.497 e. The van der Waals surface area contributed by atoms with Crippen molar-refractivity contribution in [1.29, 1.82) is 5.26 Å². The number of carbonyl (C=O) groups excluding carboxylic acids is 1. The lowest BCUT2D eigenvalue weighted by Gasteiger charge is -2.07. The molecular weight excluding hydrogens is 348 g/mol. The summed E-state index contributed by atoms with van der Waals surface area (Å²) in [6.07, 6.45) is 0. The number of hydrogen-bond acceptors (Lipinski definition) is 6. The number of thioether (sulfide) groups is 1. The summed E-state index contributed by atoms with van der Waals surface area (Å²) in [6.45, 7) is 0. The molecule has 0 amide bonds. The van der Waals surface area contributed by atoms with E-state index in [1.807, 2.05) is 18.2 Å². The number of benzene rings is 2. The van der Waals surface area contributed by atoms with Crippen LogP contribution in [0.4, 0.5) is 0 Å². The predicted octanol–water partition coefficient (Wildman–Crippen LogP) is 4.10. The molecule has 3 aromatic rings. The molecule has 0 unspecified atom stereocenters. The molecule has 0 spiro atoms. The van der Waals surface area contributed by atoms with Gasteiger partial charge in [-0.1, -0.05) is 11.8 Å². The average Bonchev–Trinajstić information content (AvgIpc) is 2.70. The van der Waals surface area contributed by atoms with Gasteiger partial charge < -0.3 is 9.47 Å². The SMILES string of the molecule is COc1ccc(C(=O)CSc2nc3ccc(OC)cc3cc2C#N)cc1. The molecule has 0 saturated carbocycles. The van der Waals surface area contributed by atoms with Gasteiger partial charge in [-0.3, -0.25) is 4.79 Å². The van der Waals surface area contributed by atoms with E-state index in [4.69, 9.17) is 9.47 Å². The van der Waals surface area contributed by atoms with E-state index in [1.54, 1.807) is 44.6 Å². The van der Waals surface area contributed by atoms with Gasteiger partial charge in [-0.15, -0.1) is 0 Å². The Morgan fingerprint density at radius 3 is 2.42 bits per heavy atom. The van der Waals surface area contributed by atoms with Crippen LogP contribution in [0, 0.1) is 11.3 Å². The number of ketones is 1. The van der Waals surface area contributed by atoms with Crippen molar-refractivity contribution in [2.24, 2.45) is 0 Å². The minimum atomic E-state index is -0.0295. The highest BCUT2D eigenvalue weighted by Gasteiger charge is 2.12. The van der Waals surface area contributed by atoms with Crippen molar-refractivity contribution in [3.8, 4) is 17.6 Å². The molecular formula is C20H16N2O3S. The topological polar surface area (TPSA) is 72.2 Å². The second-order valence-corrected chi connectivity index (χ2v) is 6.42. The standard InChI is InChI=1S/C20H16N2O3S/c1-24-16-5-3-13(4-6-16)19(23)12-26-20-15(11-21)9-14-10-17(25-2)7-8-18(14)22-20/h3-10H,12H2,1-2H3. The Bertz CT molecular complexity index is 994. The number of methoxy groups -OCH3 is 2. The molecule has 1 heterocycles. The first kappa shape index (κ1) is 17.8. The van der Waals surface area contributed by atoms with Gasteiger partial charge in [0, 0.05) is 10.9 Å². The third-order valence-corrected chi connectivity index (χ3v) is 4.85. The lowest BCUT2D eigenvalue weighted by atomic mass is 10.1. The minimum absolute atomic E-state index is 0.0295. The lowest BCUT2D eigenvalue weighted by Crippen LogP contribution is -2.03. The van der Waals surface area contributed by atoms with Crippen LogP contribution in [0.1, 0.15) is 15.9 Å². The molecule has 0 aliphatic rings. The van der Waals surface area contributed by atoms with Crippen LogP contribution in [0.15, 0.2) is 53.6 Å². The summed E-state index contributed by atoms with van der Waals surface area (Å²) in [5.74, 6) is 1.58. The third kappa shape index (κ3) is 3.79. The van der Waals surface area contributed by atoms with E-state index in [9.17, 15) is 10.1 Å². The monoisotopic (exact) mass is 364 g/mol. The number of hydrogen-bond donors (Lipinski definition) is 0. The Morgan fingerprint density at radius 2 is 1.77 bits per heavy atom. The summed E-state index contributed by atoms with van der Waals surface area (Å²) in [4.78, 5) is 16.9. The van der Waals surface area contributed by atoms with Crippen molar-refractivity contribution in [2.75, 3.05) is 20.0 Å². The zero-order chi connectivity index (χ0) is 18.5. The van der Waals surface area contributed by atoms with Crippen LogP contribution < -0.4 is 9.47 Å². The number of nitriles is 1. The smallest absolute Gasteiger partial charge is 0.173 e. The van der Waals surface area contributed by atoms with Gasteiger partial charge in [-0.25, -0.2) is 4.98 Å². The number of Topliss-reactive ketones (excluding diaryl/α,β-unsaturated/α-hetero) is 1. The quantitative estimate of drug-likeness (QED) is 0.484. The van der Waals surface area contributed by atoms with Crippen molar-refractivity contribution >= 4 is 28.4 Å². The van der Waals surface area contributed by atoms with Crippen LogP contribution in [0.2, 0.25) is 0 Å². The third-order valence-electron chi connectivity index (χ3n) is 3.86. The summed E-state index contributed by atoms with van der Waals surface area (Å²) in [7, 11) is 3.17. The van der Waals surface area contributed by atoms with E-state index in [0.717, 1.165) is 10.9 Å².